The molecule has 0 aliphatic heterocycles. The second-order valence-electron chi connectivity index (χ2n) is 6.25. The van der Waals surface area contributed by atoms with Crippen molar-refractivity contribution in [3.05, 3.63) is 0 Å². The Morgan fingerprint density at radius 1 is 0.688 bits per heavy atom. The zero-order valence-electron chi connectivity index (χ0n) is 11.3. The average molecular weight is 239 g/mol. The normalized spacial score (nSPS) is 25.5. The van der Waals surface area contributed by atoms with E-state index in [4.69, 9.17) is 0 Å². The van der Waals surface area contributed by atoms with Gasteiger partial charge in [-0.15, -0.1) is 0 Å². The maximum absolute atomic E-state index is 2.69. The van der Waals surface area contributed by atoms with Crippen molar-refractivity contribution < 1.29 is 0 Å². The van der Waals surface area contributed by atoms with Crippen molar-refractivity contribution in [2.45, 2.75) is 75.3 Å². The molecular weight excluding hydrogens is 210 g/mol. The van der Waals surface area contributed by atoms with Gasteiger partial charge in [0.2, 0.25) is 0 Å². The lowest BCUT2D eigenvalue weighted by Crippen LogP contribution is -2.42. The summed E-state index contributed by atoms with van der Waals surface area (Å²) in [5.41, 5.74) is 2.29. The maximum Gasteiger partial charge on any atom is 0.117 e. The van der Waals surface area contributed by atoms with Crippen molar-refractivity contribution in [3.8, 4) is 0 Å². The quantitative estimate of drug-likeness (QED) is 0.674. The van der Waals surface area contributed by atoms with E-state index in [2.05, 4.69) is 18.7 Å². The summed E-state index contributed by atoms with van der Waals surface area (Å²) in [7, 11) is 4.11. The first-order valence-electron chi connectivity index (χ1n) is 7.45. The zero-order chi connectivity index (χ0) is 11.4. The van der Waals surface area contributed by atoms with Gasteiger partial charge in [0, 0.05) is 0 Å². The second-order valence-corrected chi connectivity index (χ2v) is 10.1. The summed E-state index contributed by atoms with van der Waals surface area (Å²) in [6, 6.07) is 0. The van der Waals surface area contributed by atoms with Crippen molar-refractivity contribution >= 4 is 8.96 Å². The Bertz CT molecular complexity index is 175. The molecule has 16 heavy (non-hydrogen) atoms. The molecule has 0 heterocycles. The minimum atomic E-state index is -0.636. The molecule has 0 saturated heterocycles. The largest absolute Gasteiger partial charge is 0.331 e. The van der Waals surface area contributed by atoms with Crippen molar-refractivity contribution in [3.63, 3.8) is 0 Å². The molecule has 0 aromatic carbocycles. The third kappa shape index (κ3) is 3.10. The predicted molar refractivity (Wildman–Crippen MR) is 74.5 cm³/mol. The molecule has 0 aromatic rings. The number of hydrogen-bond donors (Lipinski definition) is 0. The zero-order valence-corrected chi connectivity index (χ0v) is 12.4. The van der Waals surface area contributed by atoms with Gasteiger partial charge < -0.3 is 4.57 Å². The van der Waals surface area contributed by atoms with E-state index in [1.807, 2.05) is 0 Å². The van der Waals surface area contributed by atoms with Gasteiger partial charge in [0.15, 0.2) is 0 Å². The number of nitrogens with zero attached hydrogens (tertiary/aromatic N) is 1. The van der Waals surface area contributed by atoms with Crippen molar-refractivity contribution in [1.29, 1.82) is 0 Å². The highest BCUT2D eigenvalue weighted by atomic mass is 28.3. The summed E-state index contributed by atoms with van der Waals surface area (Å²) in [6.07, 6.45) is 15.4. The SMILES string of the molecule is CN(C)[SiH](C1CCCCC1)C1CCCCC1. The molecule has 0 unspecified atom stereocenters. The van der Waals surface area contributed by atoms with Crippen molar-refractivity contribution in [2.24, 2.45) is 0 Å². The smallest absolute Gasteiger partial charge is 0.117 e. The number of rotatable bonds is 3. The Balaban J connectivity index is 1.96. The molecule has 2 aliphatic rings. The minimum Gasteiger partial charge on any atom is -0.331 e. The van der Waals surface area contributed by atoms with Crippen LogP contribution in [-0.4, -0.2) is 27.6 Å². The minimum absolute atomic E-state index is 0.636. The van der Waals surface area contributed by atoms with Crippen LogP contribution in [0.2, 0.25) is 11.1 Å². The topological polar surface area (TPSA) is 3.24 Å². The maximum atomic E-state index is 2.69. The molecule has 0 amide bonds. The van der Waals surface area contributed by atoms with Crippen LogP contribution in [-0.2, 0) is 0 Å². The van der Waals surface area contributed by atoms with Gasteiger partial charge in [0.05, 0.1) is 0 Å². The van der Waals surface area contributed by atoms with E-state index >= 15 is 0 Å². The first-order chi connectivity index (χ1) is 7.79. The molecule has 0 spiro atoms. The molecule has 94 valence electrons. The van der Waals surface area contributed by atoms with Gasteiger partial charge in [-0.1, -0.05) is 64.2 Å². The van der Waals surface area contributed by atoms with Gasteiger partial charge in [0.1, 0.15) is 8.96 Å². The average Bonchev–Trinajstić information content (AvgIpc) is 2.31. The molecule has 0 atom stereocenters. The van der Waals surface area contributed by atoms with Gasteiger partial charge in [-0.3, -0.25) is 0 Å². The van der Waals surface area contributed by atoms with Crippen molar-refractivity contribution in [2.75, 3.05) is 14.1 Å². The van der Waals surface area contributed by atoms with Gasteiger partial charge >= 0.3 is 0 Å². The summed E-state index contributed by atoms with van der Waals surface area (Å²) in [4.78, 5) is 0. The second kappa shape index (κ2) is 6.20. The van der Waals surface area contributed by atoms with Crippen LogP contribution in [0, 0.1) is 0 Å². The summed E-state index contributed by atoms with van der Waals surface area (Å²) < 4.78 is 2.69. The van der Waals surface area contributed by atoms with Crippen LogP contribution in [0.25, 0.3) is 0 Å². The highest BCUT2D eigenvalue weighted by molar-refractivity contribution is 6.59. The Hall–Kier alpha value is 0.177. The van der Waals surface area contributed by atoms with Gasteiger partial charge in [-0.2, -0.15) is 0 Å². The Morgan fingerprint density at radius 2 is 1.06 bits per heavy atom. The molecule has 0 aromatic heterocycles. The van der Waals surface area contributed by atoms with Crippen LogP contribution < -0.4 is 0 Å². The van der Waals surface area contributed by atoms with Crippen molar-refractivity contribution in [1.82, 2.24) is 4.57 Å². The molecule has 1 nitrogen and oxygen atoms in total. The Morgan fingerprint density at radius 3 is 1.38 bits per heavy atom. The lowest BCUT2D eigenvalue weighted by atomic mass is 9.99. The van der Waals surface area contributed by atoms with Crippen LogP contribution in [0.1, 0.15) is 64.2 Å². The van der Waals surface area contributed by atoms with E-state index in [0.717, 1.165) is 11.1 Å². The first-order valence-corrected chi connectivity index (χ1v) is 9.30. The summed E-state index contributed by atoms with van der Waals surface area (Å²) in [5.74, 6) is 0. The first kappa shape index (κ1) is 12.6. The fraction of sp³-hybridized carbons (Fsp3) is 1.00. The highest BCUT2D eigenvalue weighted by Crippen LogP contribution is 2.41. The van der Waals surface area contributed by atoms with Crippen LogP contribution >= 0.6 is 0 Å². The highest BCUT2D eigenvalue weighted by Gasteiger charge is 2.34. The predicted octanol–water partition coefficient (Wildman–Crippen LogP) is 3.94. The molecule has 0 radical (unpaired) electrons. The fourth-order valence-electron chi connectivity index (χ4n) is 4.18. The lowest BCUT2D eigenvalue weighted by Gasteiger charge is -2.40. The van der Waals surface area contributed by atoms with Gasteiger partial charge in [-0.25, -0.2) is 0 Å². The molecule has 2 heteroatoms. The Labute approximate surface area is 103 Å². The summed E-state index contributed by atoms with van der Waals surface area (Å²) in [5, 5.41) is 0. The van der Waals surface area contributed by atoms with E-state index in [9.17, 15) is 0 Å². The third-order valence-corrected chi connectivity index (χ3v) is 9.32. The lowest BCUT2D eigenvalue weighted by molar-refractivity contribution is 0.428. The Kier molecular flexibility index (Phi) is 4.90. The number of hydrogen-bond acceptors (Lipinski definition) is 1. The van der Waals surface area contributed by atoms with Crippen LogP contribution in [0.15, 0.2) is 0 Å². The van der Waals surface area contributed by atoms with Crippen LogP contribution in [0.4, 0.5) is 0 Å². The summed E-state index contributed by atoms with van der Waals surface area (Å²) in [6.45, 7) is 0. The molecule has 2 aliphatic carbocycles. The molecule has 0 bridgehead atoms. The van der Waals surface area contributed by atoms with E-state index in [0.29, 0.717) is 0 Å². The van der Waals surface area contributed by atoms with Crippen LogP contribution in [0.3, 0.4) is 0 Å². The molecule has 2 rings (SSSR count). The third-order valence-electron chi connectivity index (χ3n) is 4.86. The monoisotopic (exact) mass is 239 g/mol. The van der Waals surface area contributed by atoms with E-state index < -0.39 is 8.96 Å². The molecule has 2 saturated carbocycles. The molecular formula is C14H29NSi. The van der Waals surface area contributed by atoms with E-state index in [1.54, 1.807) is 25.7 Å². The standard InChI is InChI=1S/C14H29NSi/c1-15(2)16(13-9-5-3-6-10-13)14-11-7-4-8-12-14/h13-14,16H,3-12H2,1-2H3. The van der Waals surface area contributed by atoms with E-state index in [1.165, 1.54) is 38.5 Å². The van der Waals surface area contributed by atoms with Crippen LogP contribution in [0.5, 0.6) is 0 Å². The van der Waals surface area contributed by atoms with Gasteiger partial charge in [-0.05, 0) is 25.2 Å². The summed E-state index contributed by atoms with van der Waals surface area (Å²) >= 11 is 0. The van der Waals surface area contributed by atoms with Gasteiger partial charge in [0.25, 0.3) is 0 Å². The molecule has 0 N–H and O–H groups in total. The van der Waals surface area contributed by atoms with E-state index in [-0.39, 0.29) is 0 Å². The fourth-order valence-corrected chi connectivity index (χ4v) is 8.94. The molecule has 2 fully saturated rings.